The molecule has 0 spiro atoms. The van der Waals surface area contributed by atoms with E-state index in [9.17, 15) is 14.9 Å². The van der Waals surface area contributed by atoms with Gasteiger partial charge in [0, 0.05) is 0 Å². The molecule has 0 fully saturated rings. The van der Waals surface area contributed by atoms with Gasteiger partial charge in [-0.3, -0.25) is 9.59 Å². The van der Waals surface area contributed by atoms with E-state index in [0.29, 0.717) is 11.5 Å². The highest BCUT2D eigenvalue weighted by Crippen LogP contribution is 2.22. The molecule has 0 saturated carbocycles. The van der Waals surface area contributed by atoms with E-state index in [1.807, 2.05) is 37.3 Å². The van der Waals surface area contributed by atoms with Crippen LogP contribution in [0.25, 0.3) is 5.69 Å². The zero-order valence-corrected chi connectivity index (χ0v) is 14.7. The molecule has 6 heteroatoms. The summed E-state index contributed by atoms with van der Waals surface area (Å²) in [5, 5.41) is 13.7. The number of carbonyl (C=O) groups excluding carboxylic acids is 2. The fourth-order valence-electron chi connectivity index (χ4n) is 2.88. The number of nitrogens with zero attached hydrogens (tertiary/aromatic N) is 3. The summed E-state index contributed by atoms with van der Waals surface area (Å²) in [6.07, 6.45) is 2.77. The Kier molecular flexibility index (Phi) is 4.55. The lowest BCUT2D eigenvalue weighted by atomic mass is 9.91. The maximum absolute atomic E-state index is 12.8. The lowest BCUT2D eigenvalue weighted by Crippen LogP contribution is -2.23. The van der Waals surface area contributed by atoms with Gasteiger partial charge >= 0.3 is 0 Å². The molecule has 0 bridgehead atoms. The monoisotopic (exact) mass is 347 g/mol. The Balaban J connectivity index is 1.98. The first-order chi connectivity index (χ1) is 12.5. The molecule has 0 amide bonds. The molecule has 1 unspecified atom stereocenters. The maximum atomic E-state index is 12.8. The van der Waals surface area contributed by atoms with Crippen molar-refractivity contribution in [2.45, 2.75) is 20.8 Å². The second kappa shape index (κ2) is 6.81. The normalized spacial score (nSPS) is 11.8. The van der Waals surface area contributed by atoms with Gasteiger partial charge in [-0.15, -0.1) is 0 Å². The second-order valence-electron chi connectivity index (χ2n) is 6.02. The Morgan fingerprint density at radius 2 is 1.81 bits per heavy atom. The number of aromatic nitrogens is 2. The summed E-state index contributed by atoms with van der Waals surface area (Å²) in [6, 6.07) is 10.9. The topological polar surface area (TPSA) is 88.9 Å². The van der Waals surface area contributed by atoms with Crippen molar-refractivity contribution < 1.29 is 14.0 Å². The Morgan fingerprint density at radius 1 is 1.12 bits per heavy atom. The Hall–Kier alpha value is -3.46. The average Bonchev–Trinajstić information content (AvgIpc) is 3.21. The van der Waals surface area contributed by atoms with Crippen LogP contribution in [-0.4, -0.2) is 21.3 Å². The predicted molar refractivity (Wildman–Crippen MR) is 94.2 cm³/mol. The van der Waals surface area contributed by atoms with Crippen molar-refractivity contribution in [3.05, 3.63) is 70.9 Å². The number of rotatable bonds is 5. The summed E-state index contributed by atoms with van der Waals surface area (Å²) in [4.78, 5) is 25.4. The first-order valence-electron chi connectivity index (χ1n) is 8.08. The van der Waals surface area contributed by atoms with Crippen LogP contribution in [0.1, 0.15) is 37.7 Å². The maximum Gasteiger partial charge on any atom is 0.191 e. The molecule has 6 nitrogen and oxygen atoms in total. The summed E-state index contributed by atoms with van der Waals surface area (Å²) >= 11 is 0. The second-order valence-corrected chi connectivity index (χ2v) is 6.02. The van der Waals surface area contributed by atoms with Gasteiger partial charge in [-0.1, -0.05) is 18.2 Å². The van der Waals surface area contributed by atoms with Gasteiger partial charge in [0.1, 0.15) is 5.76 Å². The van der Waals surface area contributed by atoms with E-state index in [0.717, 1.165) is 11.3 Å². The van der Waals surface area contributed by atoms with E-state index in [1.54, 1.807) is 18.5 Å². The van der Waals surface area contributed by atoms with Crippen LogP contribution in [0.15, 0.2) is 47.2 Å². The predicted octanol–water partition coefficient (Wildman–Crippen LogP) is 3.60. The minimum atomic E-state index is -1.43. The summed E-state index contributed by atoms with van der Waals surface area (Å²) in [7, 11) is 0. The third-order valence-corrected chi connectivity index (χ3v) is 4.40. The number of nitriles is 1. The van der Waals surface area contributed by atoms with Crippen LogP contribution in [0.3, 0.4) is 0 Å². The fourth-order valence-corrected chi connectivity index (χ4v) is 2.88. The number of aryl methyl sites for hydroxylation is 2. The van der Waals surface area contributed by atoms with Crippen LogP contribution in [0, 0.1) is 38.0 Å². The molecule has 1 atom stereocenters. The van der Waals surface area contributed by atoms with Crippen molar-refractivity contribution >= 4 is 11.6 Å². The van der Waals surface area contributed by atoms with Crippen LogP contribution in [0.4, 0.5) is 0 Å². The van der Waals surface area contributed by atoms with Crippen molar-refractivity contribution in [2.75, 3.05) is 0 Å². The number of benzene rings is 1. The number of furan rings is 1. The van der Waals surface area contributed by atoms with E-state index in [4.69, 9.17) is 4.42 Å². The fraction of sp³-hybridized carbons (Fsp3) is 0.200. The first-order valence-corrected chi connectivity index (χ1v) is 8.08. The molecule has 0 N–H and O–H groups in total. The third kappa shape index (κ3) is 2.84. The lowest BCUT2D eigenvalue weighted by molar-refractivity contribution is 0.0845. The Bertz CT molecular complexity index is 1040. The molecule has 2 aromatic heterocycles. The minimum absolute atomic E-state index is 0.244. The number of para-hydroxylation sites is 1. The van der Waals surface area contributed by atoms with Gasteiger partial charge in [0.05, 0.1) is 41.0 Å². The standard InChI is InChI=1S/C20H17N3O3/c1-12-6-4-5-7-18(12)23-13(2)17(11-22-23)20(25)16(10-21)19(24)15-8-9-26-14(15)3/h4-9,11,16H,1-3H3. The molecule has 2 heterocycles. The first kappa shape index (κ1) is 17.4. The van der Waals surface area contributed by atoms with Crippen LogP contribution in [0.2, 0.25) is 0 Å². The van der Waals surface area contributed by atoms with Crippen molar-refractivity contribution in [2.24, 2.45) is 5.92 Å². The third-order valence-electron chi connectivity index (χ3n) is 4.40. The molecule has 1 aromatic carbocycles. The van der Waals surface area contributed by atoms with E-state index in [2.05, 4.69) is 5.10 Å². The van der Waals surface area contributed by atoms with Gasteiger partial charge < -0.3 is 4.42 Å². The van der Waals surface area contributed by atoms with Gasteiger partial charge in [-0.25, -0.2) is 4.68 Å². The summed E-state index contributed by atoms with van der Waals surface area (Å²) < 4.78 is 6.75. The van der Waals surface area contributed by atoms with E-state index in [-0.39, 0.29) is 11.1 Å². The highest BCUT2D eigenvalue weighted by atomic mass is 16.3. The van der Waals surface area contributed by atoms with Gasteiger partial charge in [0.15, 0.2) is 17.5 Å². The van der Waals surface area contributed by atoms with Gasteiger partial charge in [-0.2, -0.15) is 10.4 Å². The van der Waals surface area contributed by atoms with Crippen molar-refractivity contribution in [3.8, 4) is 11.8 Å². The summed E-state index contributed by atoms with van der Waals surface area (Å²) in [5.41, 5.74) is 2.93. The highest BCUT2D eigenvalue weighted by molar-refractivity contribution is 6.18. The Morgan fingerprint density at radius 3 is 2.42 bits per heavy atom. The zero-order valence-electron chi connectivity index (χ0n) is 14.7. The largest absolute Gasteiger partial charge is 0.469 e. The number of ketones is 2. The van der Waals surface area contributed by atoms with Gasteiger partial charge in [0.25, 0.3) is 0 Å². The molecule has 0 aliphatic rings. The van der Waals surface area contributed by atoms with Crippen molar-refractivity contribution in [1.29, 1.82) is 5.26 Å². The molecule has 0 aliphatic carbocycles. The smallest absolute Gasteiger partial charge is 0.191 e. The van der Waals surface area contributed by atoms with Gasteiger partial charge in [-0.05, 0) is 38.5 Å². The average molecular weight is 347 g/mol. The number of Topliss-reactive ketones (excluding diaryl/α,β-unsaturated/α-hetero) is 2. The molecular formula is C20H17N3O3. The van der Waals surface area contributed by atoms with Crippen LogP contribution < -0.4 is 0 Å². The quantitative estimate of drug-likeness (QED) is 0.520. The van der Waals surface area contributed by atoms with Crippen LogP contribution in [-0.2, 0) is 0 Å². The highest BCUT2D eigenvalue weighted by Gasteiger charge is 2.32. The van der Waals surface area contributed by atoms with E-state index in [1.165, 1.54) is 18.5 Å². The molecular weight excluding hydrogens is 330 g/mol. The minimum Gasteiger partial charge on any atom is -0.469 e. The van der Waals surface area contributed by atoms with Crippen LogP contribution >= 0.6 is 0 Å². The van der Waals surface area contributed by atoms with Crippen molar-refractivity contribution in [1.82, 2.24) is 9.78 Å². The van der Waals surface area contributed by atoms with Crippen LogP contribution in [0.5, 0.6) is 0 Å². The zero-order chi connectivity index (χ0) is 18.8. The molecule has 3 aromatic rings. The number of hydrogen-bond donors (Lipinski definition) is 0. The summed E-state index contributed by atoms with van der Waals surface area (Å²) in [5.74, 6) is -2.17. The molecule has 0 saturated heterocycles. The Labute approximate surface area is 150 Å². The molecule has 0 radical (unpaired) electrons. The molecule has 3 rings (SSSR count). The lowest BCUT2D eigenvalue weighted by Gasteiger charge is -2.09. The summed E-state index contributed by atoms with van der Waals surface area (Å²) in [6.45, 7) is 5.31. The SMILES string of the molecule is Cc1ccccc1-n1ncc(C(=O)C(C#N)C(=O)c2ccoc2C)c1C. The molecule has 130 valence electrons. The number of hydrogen-bond acceptors (Lipinski definition) is 5. The molecule has 26 heavy (non-hydrogen) atoms. The van der Waals surface area contributed by atoms with Gasteiger partial charge in [0.2, 0.25) is 0 Å². The number of carbonyl (C=O) groups is 2. The van der Waals surface area contributed by atoms with Crippen molar-refractivity contribution in [3.63, 3.8) is 0 Å². The van der Waals surface area contributed by atoms with E-state index < -0.39 is 17.5 Å². The van der Waals surface area contributed by atoms with E-state index >= 15 is 0 Å². The molecule has 0 aliphatic heterocycles.